The maximum absolute atomic E-state index is 7.52. The Balaban J connectivity index is 1.73. The number of rotatable bonds is 5. The smallest absolute Gasteiger partial charge is 0.279 e. The number of fused-ring (bicyclic) bond motifs is 2. The van der Waals surface area contributed by atoms with E-state index < -0.39 is 0 Å². The number of amidine groups is 1. The van der Waals surface area contributed by atoms with E-state index in [9.17, 15) is 0 Å². The van der Waals surface area contributed by atoms with Gasteiger partial charge in [-0.15, -0.1) is 0 Å². The quantitative estimate of drug-likeness (QED) is 0.433. The van der Waals surface area contributed by atoms with Crippen molar-refractivity contribution in [2.45, 2.75) is 26.7 Å². The van der Waals surface area contributed by atoms with E-state index in [0.717, 1.165) is 39.6 Å². The van der Waals surface area contributed by atoms with Gasteiger partial charge in [-0.05, 0) is 53.9 Å². The van der Waals surface area contributed by atoms with E-state index in [1.165, 1.54) is 0 Å². The highest BCUT2D eigenvalue weighted by atomic mass is 16.5. The lowest BCUT2D eigenvalue weighted by Crippen LogP contribution is -2.22. The van der Waals surface area contributed by atoms with Gasteiger partial charge in [0.2, 0.25) is 0 Å². The standard InChI is InChI=1S/C25H27N3O3/c1-25(2,3)15-30-17-8-10-23-19(13-17)20(14-29-24(26)27)18-12-16(7-9-22(18)31-23)21-6-4-5-11-28-21/h4-13,20H,14-15H2,1-3H3,(H3,26,27). The molecular formula is C25H27N3O3. The lowest BCUT2D eigenvalue weighted by molar-refractivity contribution is 0.197. The first-order valence-corrected chi connectivity index (χ1v) is 10.3. The molecule has 0 saturated heterocycles. The van der Waals surface area contributed by atoms with Crippen molar-refractivity contribution in [2.75, 3.05) is 13.2 Å². The molecule has 0 radical (unpaired) electrons. The summed E-state index contributed by atoms with van der Waals surface area (Å²) in [5.41, 5.74) is 9.31. The van der Waals surface area contributed by atoms with Crippen molar-refractivity contribution in [3.63, 3.8) is 0 Å². The molecule has 1 aliphatic rings. The van der Waals surface area contributed by atoms with Crippen molar-refractivity contribution in [3.05, 3.63) is 71.9 Å². The van der Waals surface area contributed by atoms with E-state index in [2.05, 4.69) is 31.8 Å². The number of benzene rings is 2. The van der Waals surface area contributed by atoms with Crippen LogP contribution in [-0.4, -0.2) is 24.2 Å². The molecule has 0 spiro atoms. The van der Waals surface area contributed by atoms with Crippen molar-refractivity contribution in [1.82, 2.24) is 4.98 Å². The summed E-state index contributed by atoms with van der Waals surface area (Å²) in [5.74, 6) is 2.12. The molecule has 3 N–H and O–H groups in total. The van der Waals surface area contributed by atoms with Gasteiger partial charge in [0, 0.05) is 22.9 Å². The van der Waals surface area contributed by atoms with E-state index in [1.54, 1.807) is 6.20 Å². The summed E-state index contributed by atoms with van der Waals surface area (Å²) in [5, 5.41) is 7.52. The van der Waals surface area contributed by atoms with E-state index in [4.69, 9.17) is 25.4 Å². The second-order valence-corrected chi connectivity index (χ2v) is 8.85. The van der Waals surface area contributed by atoms with Crippen LogP contribution in [0.5, 0.6) is 17.2 Å². The molecule has 1 unspecified atom stereocenters. The predicted molar refractivity (Wildman–Crippen MR) is 121 cm³/mol. The minimum atomic E-state index is -0.310. The fraction of sp³-hybridized carbons (Fsp3) is 0.280. The average molecular weight is 418 g/mol. The third kappa shape index (κ3) is 4.79. The second-order valence-electron chi connectivity index (χ2n) is 8.85. The lowest BCUT2D eigenvalue weighted by Gasteiger charge is -2.29. The molecule has 0 aliphatic carbocycles. The van der Waals surface area contributed by atoms with Crippen LogP contribution in [0.2, 0.25) is 0 Å². The number of nitrogens with two attached hydrogens (primary N) is 1. The SMILES string of the molecule is CC(C)(C)COc1ccc2c(c1)C(COC(=N)N)c1cc(-c3ccccn3)ccc1O2. The molecule has 6 heteroatoms. The third-order valence-electron chi connectivity index (χ3n) is 5.00. The maximum Gasteiger partial charge on any atom is 0.279 e. The lowest BCUT2D eigenvalue weighted by atomic mass is 9.87. The number of ether oxygens (including phenoxy) is 3. The van der Waals surface area contributed by atoms with Crippen LogP contribution in [-0.2, 0) is 4.74 Å². The number of pyridine rings is 1. The molecule has 2 heterocycles. The van der Waals surface area contributed by atoms with E-state index >= 15 is 0 Å². The molecule has 4 rings (SSSR count). The minimum Gasteiger partial charge on any atom is -0.493 e. The van der Waals surface area contributed by atoms with Crippen LogP contribution in [0.25, 0.3) is 11.3 Å². The zero-order valence-corrected chi connectivity index (χ0v) is 18.0. The zero-order valence-electron chi connectivity index (χ0n) is 18.0. The van der Waals surface area contributed by atoms with Gasteiger partial charge in [0.05, 0.1) is 18.2 Å². The Morgan fingerprint density at radius 1 is 1.06 bits per heavy atom. The molecule has 1 atom stereocenters. The summed E-state index contributed by atoms with van der Waals surface area (Å²) in [7, 11) is 0. The van der Waals surface area contributed by atoms with Crippen LogP contribution in [0, 0.1) is 10.8 Å². The zero-order chi connectivity index (χ0) is 22.0. The van der Waals surface area contributed by atoms with Crippen LogP contribution >= 0.6 is 0 Å². The van der Waals surface area contributed by atoms with Gasteiger partial charge in [0.15, 0.2) is 0 Å². The summed E-state index contributed by atoms with van der Waals surface area (Å²) in [4.78, 5) is 4.46. The van der Waals surface area contributed by atoms with Gasteiger partial charge >= 0.3 is 0 Å². The highest BCUT2D eigenvalue weighted by Gasteiger charge is 2.29. The summed E-state index contributed by atoms with van der Waals surface area (Å²) >= 11 is 0. The van der Waals surface area contributed by atoms with E-state index in [1.807, 2.05) is 48.5 Å². The number of aromatic nitrogens is 1. The molecule has 1 aliphatic heterocycles. The average Bonchev–Trinajstić information content (AvgIpc) is 2.75. The molecule has 0 amide bonds. The van der Waals surface area contributed by atoms with Gasteiger partial charge in [0.25, 0.3) is 6.02 Å². The van der Waals surface area contributed by atoms with Gasteiger partial charge in [-0.1, -0.05) is 26.8 Å². The molecule has 6 nitrogen and oxygen atoms in total. The fourth-order valence-corrected chi connectivity index (χ4v) is 3.53. The van der Waals surface area contributed by atoms with E-state index in [0.29, 0.717) is 6.61 Å². The summed E-state index contributed by atoms with van der Waals surface area (Å²) in [6.45, 7) is 7.23. The van der Waals surface area contributed by atoms with Crippen molar-refractivity contribution in [3.8, 4) is 28.5 Å². The first-order valence-electron chi connectivity index (χ1n) is 10.3. The monoisotopic (exact) mass is 417 g/mol. The number of hydrogen-bond donors (Lipinski definition) is 2. The van der Waals surface area contributed by atoms with Crippen molar-refractivity contribution in [1.29, 1.82) is 5.41 Å². The third-order valence-corrected chi connectivity index (χ3v) is 5.00. The van der Waals surface area contributed by atoms with E-state index in [-0.39, 0.29) is 24.0 Å². The summed E-state index contributed by atoms with van der Waals surface area (Å²) in [6, 6.07) is 17.4. The molecule has 1 aromatic heterocycles. The number of nitrogens with one attached hydrogen (secondary N) is 1. The Morgan fingerprint density at radius 3 is 2.48 bits per heavy atom. The second kappa shape index (κ2) is 8.30. The largest absolute Gasteiger partial charge is 0.493 e. The predicted octanol–water partition coefficient (Wildman–Crippen LogP) is 5.32. The summed E-state index contributed by atoms with van der Waals surface area (Å²) < 4.78 is 17.7. The number of nitrogens with zero attached hydrogens (tertiary/aromatic N) is 1. The number of hydrogen-bond acceptors (Lipinski definition) is 5. The van der Waals surface area contributed by atoms with Gasteiger partial charge in [0.1, 0.15) is 23.9 Å². The van der Waals surface area contributed by atoms with Crippen LogP contribution in [0.15, 0.2) is 60.8 Å². The van der Waals surface area contributed by atoms with Crippen LogP contribution < -0.4 is 15.2 Å². The van der Waals surface area contributed by atoms with Crippen molar-refractivity contribution >= 4 is 6.02 Å². The minimum absolute atomic E-state index is 0.0493. The Hall–Kier alpha value is -3.54. The Morgan fingerprint density at radius 2 is 1.81 bits per heavy atom. The highest BCUT2D eigenvalue weighted by molar-refractivity contribution is 5.68. The molecule has 0 fully saturated rings. The van der Waals surface area contributed by atoms with Gasteiger partial charge in [-0.25, -0.2) is 0 Å². The topological polar surface area (TPSA) is 90.5 Å². The fourth-order valence-electron chi connectivity index (χ4n) is 3.53. The Bertz CT molecular complexity index is 1090. The highest BCUT2D eigenvalue weighted by Crippen LogP contribution is 2.46. The molecule has 0 bridgehead atoms. The molecule has 2 aromatic carbocycles. The maximum atomic E-state index is 7.52. The molecule has 160 valence electrons. The van der Waals surface area contributed by atoms with Gasteiger partial charge in [-0.2, -0.15) is 0 Å². The van der Waals surface area contributed by atoms with Gasteiger partial charge < -0.3 is 19.9 Å². The first kappa shape index (κ1) is 20.7. The van der Waals surface area contributed by atoms with Crippen molar-refractivity contribution < 1.29 is 14.2 Å². The first-order chi connectivity index (χ1) is 14.8. The van der Waals surface area contributed by atoms with Crippen LogP contribution in [0.4, 0.5) is 0 Å². The summed E-state index contributed by atoms with van der Waals surface area (Å²) in [6.07, 6.45) is 1.77. The molecule has 31 heavy (non-hydrogen) atoms. The molecule has 3 aromatic rings. The van der Waals surface area contributed by atoms with Crippen LogP contribution in [0.1, 0.15) is 37.8 Å². The van der Waals surface area contributed by atoms with Gasteiger partial charge in [-0.3, -0.25) is 10.4 Å². The Kier molecular flexibility index (Phi) is 5.55. The molecular weight excluding hydrogens is 390 g/mol. The van der Waals surface area contributed by atoms with Crippen molar-refractivity contribution in [2.24, 2.45) is 11.1 Å². The normalized spacial score (nSPS) is 14.7. The molecule has 0 saturated carbocycles. The Labute approximate surface area is 182 Å². The van der Waals surface area contributed by atoms with Crippen LogP contribution in [0.3, 0.4) is 0 Å².